The molecule has 14 heavy (non-hydrogen) atoms. The zero-order valence-corrected chi connectivity index (χ0v) is 9.72. The van der Waals surface area contributed by atoms with Crippen molar-refractivity contribution in [1.82, 2.24) is 5.32 Å². The molecule has 0 unspecified atom stereocenters. The van der Waals surface area contributed by atoms with Gasteiger partial charge in [-0.3, -0.25) is 9.59 Å². The van der Waals surface area contributed by atoms with Crippen LogP contribution in [0.1, 0.15) is 34.6 Å². The molecule has 0 rings (SSSR count). The molecule has 4 nitrogen and oxygen atoms in total. The van der Waals surface area contributed by atoms with E-state index in [0.29, 0.717) is 0 Å². The normalized spacial score (nSPS) is 12.1. The summed E-state index contributed by atoms with van der Waals surface area (Å²) in [7, 11) is 1.34. The lowest BCUT2D eigenvalue weighted by Gasteiger charge is -2.39. The van der Waals surface area contributed by atoms with Gasteiger partial charge in [0.05, 0.1) is 12.5 Å². The largest absolute Gasteiger partial charge is 0.469 e. The van der Waals surface area contributed by atoms with Gasteiger partial charge in [0.1, 0.15) is 0 Å². The maximum absolute atomic E-state index is 11.5. The highest BCUT2D eigenvalue weighted by atomic mass is 16.5. The number of carbonyl (C=O) groups excluding carboxylic acids is 2. The lowest BCUT2D eigenvalue weighted by atomic mass is 9.74. The molecule has 0 aromatic heterocycles. The van der Waals surface area contributed by atoms with Crippen LogP contribution in [0.5, 0.6) is 0 Å². The van der Waals surface area contributed by atoms with Crippen LogP contribution in [0.2, 0.25) is 0 Å². The quantitative estimate of drug-likeness (QED) is 0.696. The lowest BCUT2D eigenvalue weighted by molar-refractivity contribution is -0.155. The number of esters is 1. The smallest absolute Gasteiger partial charge is 0.313 e. The van der Waals surface area contributed by atoms with Crippen molar-refractivity contribution >= 4 is 11.9 Å². The van der Waals surface area contributed by atoms with Crippen LogP contribution in [0.15, 0.2) is 0 Å². The second-order valence-corrected chi connectivity index (χ2v) is 4.42. The van der Waals surface area contributed by atoms with Crippen LogP contribution < -0.4 is 5.32 Å². The number of ether oxygens (including phenoxy) is 1. The van der Waals surface area contributed by atoms with Crippen LogP contribution in [-0.2, 0) is 14.3 Å². The van der Waals surface area contributed by atoms with E-state index in [1.54, 1.807) is 27.7 Å². The van der Waals surface area contributed by atoms with Crippen molar-refractivity contribution < 1.29 is 14.3 Å². The van der Waals surface area contributed by atoms with Crippen molar-refractivity contribution in [1.29, 1.82) is 0 Å². The summed E-state index contributed by atoms with van der Waals surface area (Å²) in [6, 6.07) is 0. The number of nitrogens with one attached hydrogen (secondary N) is 1. The minimum Gasteiger partial charge on any atom is -0.469 e. The first-order chi connectivity index (χ1) is 6.15. The van der Waals surface area contributed by atoms with E-state index in [4.69, 9.17) is 4.74 Å². The second-order valence-electron chi connectivity index (χ2n) is 4.42. The van der Waals surface area contributed by atoms with Gasteiger partial charge in [-0.2, -0.15) is 0 Å². The molecule has 0 bridgehead atoms. The Hall–Kier alpha value is -1.06. The fourth-order valence-corrected chi connectivity index (χ4v) is 1.11. The SMILES string of the molecule is COC(=O)C(C)(C)C(C)(C)NC(C)=O. The summed E-state index contributed by atoms with van der Waals surface area (Å²) in [5.41, 5.74) is -1.39. The van der Waals surface area contributed by atoms with E-state index >= 15 is 0 Å². The molecule has 0 atom stereocenters. The van der Waals surface area contributed by atoms with Crippen molar-refractivity contribution in [3.63, 3.8) is 0 Å². The van der Waals surface area contributed by atoms with Gasteiger partial charge in [-0.25, -0.2) is 0 Å². The Morgan fingerprint density at radius 2 is 1.57 bits per heavy atom. The number of rotatable bonds is 3. The first kappa shape index (κ1) is 12.9. The molecule has 0 spiro atoms. The topological polar surface area (TPSA) is 55.4 Å². The Morgan fingerprint density at radius 3 is 1.86 bits per heavy atom. The summed E-state index contributed by atoms with van der Waals surface area (Å²) in [6.07, 6.45) is 0. The van der Waals surface area contributed by atoms with E-state index < -0.39 is 11.0 Å². The van der Waals surface area contributed by atoms with Crippen LogP contribution in [0.25, 0.3) is 0 Å². The zero-order valence-electron chi connectivity index (χ0n) is 9.72. The van der Waals surface area contributed by atoms with Gasteiger partial charge in [-0.1, -0.05) is 0 Å². The third-order valence-electron chi connectivity index (χ3n) is 2.75. The molecule has 0 aromatic carbocycles. The molecule has 0 aromatic rings. The highest BCUT2D eigenvalue weighted by Crippen LogP contribution is 2.31. The summed E-state index contributed by atoms with van der Waals surface area (Å²) in [6.45, 7) is 8.51. The average molecular weight is 201 g/mol. The van der Waals surface area contributed by atoms with Gasteiger partial charge in [-0.05, 0) is 27.7 Å². The van der Waals surface area contributed by atoms with E-state index in [-0.39, 0.29) is 11.9 Å². The molecule has 0 radical (unpaired) electrons. The third-order valence-corrected chi connectivity index (χ3v) is 2.75. The number of carbonyl (C=O) groups is 2. The van der Waals surface area contributed by atoms with Gasteiger partial charge in [0, 0.05) is 12.5 Å². The van der Waals surface area contributed by atoms with Gasteiger partial charge < -0.3 is 10.1 Å². The van der Waals surface area contributed by atoms with Crippen LogP contribution in [0.3, 0.4) is 0 Å². The first-order valence-electron chi connectivity index (χ1n) is 4.52. The molecular weight excluding hydrogens is 182 g/mol. The Balaban J connectivity index is 4.86. The number of hydrogen-bond acceptors (Lipinski definition) is 3. The fraction of sp³-hybridized carbons (Fsp3) is 0.800. The van der Waals surface area contributed by atoms with Gasteiger partial charge in [0.2, 0.25) is 5.91 Å². The third kappa shape index (κ3) is 2.47. The van der Waals surface area contributed by atoms with Crippen molar-refractivity contribution in [2.45, 2.75) is 40.2 Å². The number of hydrogen-bond donors (Lipinski definition) is 1. The van der Waals surface area contributed by atoms with Crippen LogP contribution in [-0.4, -0.2) is 24.5 Å². The molecule has 1 N–H and O–H groups in total. The molecule has 0 heterocycles. The first-order valence-corrected chi connectivity index (χ1v) is 4.52. The van der Waals surface area contributed by atoms with E-state index in [1.807, 2.05) is 0 Å². The summed E-state index contributed by atoms with van der Waals surface area (Å²) in [5.74, 6) is -0.497. The predicted molar refractivity (Wildman–Crippen MR) is 53.7 cm³/mol. The highest BCUT2D eigenvalue weighted by molar-refractivity contribution is 5.80. The number of amides is 1. The van der Waals surface area contributed by atoms with Gasteiger partial charge in [0.25, 0.3) is 0 Å². The Morgan fingerprint density at radius 1 is 1.14 bits per heavy atom. The molecule has 0 aliphatic heterocycles. The molecule has 1 amide bonds. The van der Waals surface area contributed by atoms with E-state index in [1.165, 1.54) is 14.0 Å². The van der Waals surface area contributed by atoms with E-state index in [0.717, 1.165) is 0 Å². The second kappa shape index (κ2) is 3.98. The molecule has 4 heteroatoms. The monoisotopic (exact) mass is 201 g/mol. The van der Waals surface area contributed by atoms with Crippen molar-refractivity contribution in [2.24, 2.45) is 5.41 Å². The van der Waals surface area contributed by atoms with Crippen molar-refractivity contribution in [3.05, 3.63) is 0 Å². The van der Waals surface area contributed by atoms with Crippen LogP contribution in [0.4, 0.5) is 0 Å². The summed E-state index contributed by atoms with van der Waals surface area (Å²) >= 11 is 0. The van der Waals surface area contributed by atoms with Gasteiger partial charge >= 0.3 is 5.97 Å². The molecule has 0 fully saturated rings. The number of methoxy groups -OCH3 is 1. The zero-order chi connectivity index (χ0) is 11.6. The summed E-state index contributed by atoms with van der Waals surface area (Å²) in [4.78, 5) is 22.4. The van der Waals surface area contributed by atoms with Crippen molar-refractivity contribution in [3.8, 4) is 0 Å². The van der Waals surface area contributed by atoms with Gasteiger partial charge in [0.15, 0.2) is 0 Å². The molecular formula is C10H19NO3. The minimum atomic E-state index is -0.757. The molecule has 0 aliphatic rings. The maximum atomic E-state index is 11.5. The molecule has 82 valence electrons. The Kier molecular flexibility index (Phi) is 3.68. The molecule has 0 saturated heterocycles. The highest BCUT2D eigenvalue weighted by Gasteiger charge is 2.44. The average Bonchev–Trinajstić information content (AvgIpc) is 2.00. The fourth-order valence-electron chi connectivity index (χ4n) is 1.11. The van der Waals surface area contributed by atoms with Crippen LogP contribution >= 0.6 is 0 Å². The summed E-state index contributed by atoms with van der Waals surface area (Å²) in [5, 5.41) is 2.73. The lowest BCUT2D eigenvalue weighted by Crippen LogP contribution is -2.56. The van der Waals surface area contributed by atoms with E-state index in [2.05, 4.69) is 5.32 Å². The Bertz CT molecular complexity index is 244. The summed E-state index contributed by atoms with van der Waals surface area (Å²) < 4.78 is 4.69. The van der Waals surface area contributed by atoms with E-state index in [9.17, 15) is 9.59 Å². The molecule has 0 saturated carbocycles. The molecule has 0 aliphatic carbocycles. The van der Waals surface area contributed by atoms with Crippen LogP contribution in [0, 0.1) is 5.41 Å². The maximum Gasteiger partial charge on any atom is 0.313 e. The standard InChI is InChI=1S/C10H19NO3/c1-7(12)11-10(4,5)9(2,3)8(13)14-6/h1-6H3,(H,11,12). The minimum absolute atomic E-state index is 0.160. The van der Waals surface area contributed by atoms with Crippen molar-refractivity contribution in [2.75, 3.05) is 7.11 Å². The van der Waals surface area contributed by atoms with Gasteiger partial charge in [-0.15, -0.1) is 0 Å². The predicted octanol–water partition coefficient (Wildman–Crippen LogP) is 1.10. The Labute approximate surface area is 85.0 Å².